The Morgan fingerprint density at radius 2 is 2.31 bits per heavy atom. The molecule has 3 N–H and O–H groups in total. The van der Waals surface area contributed by atoms with Crippen LogP contribution in [0.15, 0.2) is 24.3 Å². The Bertz CT molecular complexity index is 259. The lowest BCUT2D eigenvalue weighted by molar-refractivity contribution is 0.627. The number of benzene rings is 1. The lowest BCUT2D eigenvalue weighted by atomic mass is 10.2. The molecule has 13 heavy (non-hydrogen) atoms. The molecule has 72 valence electrons. The second kappa shape index (κ2) is 4.82. The third-order valence-electron chi connectivity index (χ3n) is 1.97. The summed E-state index contributed by atoms with van der Waals surface area (Å²) in [6.45, 7) is 2.61. The van der Waals surface area contributed by atoms with Crippen LogP contribution in [0.4, 0.5) is 10.1 Å². The van der Waals surface area contributed by atoms with Crippen LogP contribution in [0.3, 0.4) is 0 Å². The van der Waals surface area contributed by atoms with Crippen LogP contribution in [-0.4, -0.2) is 12.6 Å². The molecule has 0 aliphatic rings. The summed E-state index contributed by atoms with van der Waals surface area (Å²) in [7, 11) is 0. The summed E-state index contributed by atoms with van der Waals surface area (Å²) in [4.78, 5) is 0. The summed E-state index contributed by atoms with van der Waals surface area (Å²) in [5, 5.41) is 3.15. The van der Waals surface area contributed by atoms with Crippen molar-refractivity contribution in [1.29, 1.82) is 0 Å². The zero-order valence-electron chi connectivity index (χ0n) is 7.76. The van der Waals surface area contributed by atoms with Gasteiger partial charge in [-0.3, -0.25) is 0 Å². The minimum Gasteiger partial charge on any atom is -0.381 e. The van der Waals surface area contributed by atoms with E-state index in [-0.39, 0.29) is 11.9 Å². The molecule has 1 atom stereocenters. The number of nitrogens with one attached hydrogen (secondary N) is 1. The summed E-state index contributed by atoms with van der Waals surface area (Å²) >= 11 is 0. The summed E-state index contributed by atoms with van der Waals surface area (Å²) in [5.41, 5.74) is 6.30. The molecular formula is C10H15FN2. The van der Waals surface area contributed by atoms with Gasteiger partial charge in [0.15, 0.2) is 0 Å². The highest BCUT2D eigenvalue weighted by atomic mass is 19.1. The van der Waals surface area contributed by atoms with E-state index in [0.29, 0.717) is 6.54 Å². The molecular weight excluding hydrogens is 167 g/mol. The molecule has 0 amide bonds. The van der Waals surface area contributed by atoms with Crippen LogP contribution in [0.2, 0.25) is 0 Å². The average molecular weight is 182 g/mol. The molecule has 0 saturated heterocycles. The Morgan fingerprint density at radius 1 is 1.54 bits per heavy atom. The fourth-order valence-corrected chi connectivity index (χ4v) is 1.14. The van der Waals surface area contributed by atoms with Gasteiger partial charge in [-0.2, -0.15) is 0 Å². The van der Waals surface area contributed by atoms with Gasteiger partial charge in [-0.25, -0.2) is 4.39 Å². The zero-order valence-corrected chi connectivity index (χ0v) is 7.76. The van der Waals surface area contributed by atoms with E-state index in [0.717, 1.165) is 12.1 Å². The maximum absolute atomic E-state index is 12.8. The first-order valence-electron chi connectivity index (χ1n) is 4.48. The minimum absolute atomic E-state index is 0.224. The van der Waals surface area contributed by atoms with E-state index in [2.05, 4.69) is 5.32 Å². The Kier molecular flexibility index (Phi) is 3.71. The Labute approximate surface area is 77.9 Å². The molecule has 0 saturated carbocycles. The van der Waals surface area contributed by atoms with Crippen molar-refractivity contribution < 1.29 is 4.39 Å². The fourth-order valence-electron chi connectivity index (χ4n) is 1.14. The van der Waals surface area contributed by atoms with Crippen molar-refractivity contribution in [3.8, 4) is 0 Å². The van der Waals surface area contributed by atoms with Crippen molar-refractivity contribution in [3.63, 3.8) is 0 Å². The summed E-state index contributed by atoms with van der Waals surface area (Å²) in [5.74, 6) is -0.225. The lowest BCUT2D eigenvalue weighted by Crippen LogP contribution is -2.27. The van der Waals surface area contributed by atoms with Gasteiger partial charge in [0.25, 0.3) is 0 Å². The van der Waals surface area contributed by atoms with Crippen molar-refractivity contribution >= 4 is 5.69 Å². The van der Waals surface area contributed by atoms with Gasteiger partial charge in [-0.05, 0) is 24.6 Å². The van der Waals surface area contributed by atoms with Crippen molar-refractivity contribution in [2.45, 2.75) is 19.4 Å². The number of hydrogen-bond acceptors (Lipinski definition) is 2. The highest BCUT2D eigenvalue weighted by Crippen LogP contribution is 2.10. The monoisotopic (exact) mass is 182 g/mol. The minimum atomic E-state index is -0.225. The lowest BCUT2D eigenvalue weighted by Gasteiger charge is -2.15. The van der Waals surface area contributed by atoms with E-state index in [9.17, 15) is 4.39 Å². The maximum atomic E-state index is 12.8. The molecule has 1 aromatic rings. The van der Waals surface area contributed by atoms with E-state index in [1.54, 1.807) is 6.07 Å². The van der Waals surface area contributed by atoms with E-state index >= 15 is 0 Å². The highest BCUT2D eigenvalue weighted by Gasteiger charge is 2.02. The van der Waals surface area contributed by atoms with Gasteiger partial charge >= 0.3 is 0 Å². The van der Waals surface area contributed by atoms with Crippen LogP contribution in [0.1, 0.15) is 13.3 Å². The standard InChI is InChI=1S/C10H15FN2/c1-2-9(7-12)13-10-5-3-4-8(11)6-10/h3-6,9,13H,2,7,12H2,1H3. The van der Waals surface area contributed by atoms with Crippen molar-refractivity contribution in [2.75, 3.05) is 11.9 Å². The molecule has 0 fully saturated rings. The van der Waals surface area contributed by atoms with Crippen LogP contribution in [0.25, 0.3) is 0 Å². The number of nitrogens with two attached hydrogens (primary N) is 1. The second-order valence-corrected chi connectivity index (χ2v) is 3.00. The van der Waals surface area contributed by atoms with Gasteiger partial charge in [-0.15, -0.1) is 0 Å². The van der Waals surface area contributed by atoms with E-state index < -0.39 is 0 Å². The summed E-state index contributed by atoms with van der Waals surface area (Å²) in [6.07, 6.45) is 0.938. The van der Waals surface area contributed by atoms with Crippen LogP contribution >= 0.6 is 0 Å². The smallest absolute Gasteiger partial charge is 0.125 e. The normalized spacial score (nSPS) is 12.5. The number of rotatable bonds is 4. The number of anilines is 1. The zero-order chi connectivity index (χ0) is 9.68. The van der Waals surface area contributed by atoms with Gasteiger partial charge in [0.05, 0.1) is 0 Å². The highest BCUT2D eigenvalue weighted by molar-refractivity contribution is 5.43. The molecule has 0 aromatic heterocycles. The molecule has 0 radical (unpaired) electrons. The van der Waals surface area contributed by atoms with Crippen LogP contribution in [0.5, 0.6) is 0 Å². The second-order valence-electron chi connectivity index (χ2n) is 3.00. The van der Waals surface area contributed by atoms with Gasteiger partial charge in [0.1, 0.15) is 5.82 Å². The molecule has 0 heterocycles. The summed E-state index contributed by atoms with van der Waals surface area (Å²) in [6, 6.07) is 6.64. The van der Waals surface area contributed by atoms with Crippen LogP contribution in [0, 0.1) is 5.82 Å². The molecule has 1 unspecified atom stereocenters. The van der Waals surface area contributed by atoms with E-state index in [1.165, 1.54) is 12.1 Å². The van der Waals surface area contributed by atoms with E-state index in [1.807, 2.05) is 13.0 Å². The summed E-state index contributed by atoms with van der Waals surface area (Å²) < 4.78 is 12.8. The Morgan fingerprint density at radius 3 is 2.85 bits per heavy atom. The molecule has 0 aliphatic carbocycles. The van der Waals surface area contributed by atoms with E-state index in [4.69, 9.17) is 5.73 Å². The van der Waals surface area contributed by atoms with Crippen molar-refractivity contribution in [1.82, 2.24) is 0 Å². The van der Waals surface area contributed by atoms with Crippen molar-refractivity contribution in [3.05, 3.63) is 30.1 Å². The third-order valence-corrected chi connectivity index (χ3v) is 1.97. The first-order chi connectivity index (χ1) is 6.26. The first-order valence-corrected chi connectivity index (χ1v) is 4.48. The van der Waals surface area contributed by atoms with Gasteiger partial charge < -0.3 is 11.1 Å². The largest absolute Gasteiger partial charge is 0.381 e. The third kappa shape index (κ3) is 3.03. The fraction of sp³-hybridized carbons (Fsp3) is 0.400. The Hall–Kier alpha value is -1.09. The Balaban J connectivity index is 2.62. The van der Waals surface area contributed by atoms with Crippen LogP contribution < -0.4 is 11.1 Å². The average Bonchev–Trinajstić information content (AvgIpc) is 2.14. The molecule has 0 aliphatic heterocycles. The molecule has 0 bridgehead atoms. The predicted octanol–water partition coefficient (Wildman–Crippen LogP) is 1.97. The SMILES string of the molecule is CCC(CN)Nc1cccc(F)c1. The molecule has 2 nitrogen and oxygen atoms in total. The number of hydrogen-bond donors (Lipinski definition) is 2. The predicted molar refractivity (Wildman–Crippen MR) is 53.2 cm³/mol. The van der Waals surface area contributed by atoms with Crippen molar-refractivity contribution in [2.24, 2.45) is 5.73 Å². The number of halogens is 1. The molecule has 3 heteroatoms. The molecule has 1 rings (SSSR count). The van der Waals surface area contributed by atoms with Crippen LogP contribution in [-0.2, 0) is 0 Å². The first kappa shape index (κ1) is 9.99. The molecule has 1 aromatic carbocycles. The maximum Gasteiger partial charge on any atom is 0.125 e. The topological polar surface area (TPSA) is 38.0 Å². The quantitative estimate of drug-likeness (QED) is 0.747. The van der Waals surface area contributed by atoms with Gasteiger partial charge in [-0.1, -0.05) is 13.0 Å². The van der Waals surface area contributed by atoms with Gasteiger partial charge in [0.2, 0.25) is 0 Å². The molecule has 0 spiro atoms. The van der Waals surface area contributed by atoms with Gasteiger partial charge in [0, 0.05) is 18.3 Å².